The van der Waals surface area contributed by atoms with Gasteiger partial charge in [-0.3, -0.25) is 4.79 Å². The summed E-state index contributed by atoms with van der Waals surface area (Å²) >= 11 is 0. The Kier molecular flexibility index (Phi) is 6.00. The van der Waals surface area contributed by atoms with Gasteiger partial charge < -0.3 is 21.1 Å². The van der Waals surface area contributed by atoms with Crippen molar-refractivity contribution in [3.63, 3.8) is 0 Å². The van der Waals surface area contributed by atoms with Gasteiger partial charge in [0.25, 0.3) is 5.91 Å². The number of ether oxygens (including phenoxy) is 1. The fourth-order valence-electron chi connectivity index (χ4n) is 2.20. The summed E-state index contributed by atoms with van der Waals surface area (Å²) in [5, 5.41) is 6.09. The molecule has 2 aromatic rings. The van der Waals surface area contributed by atoms with E-state index in [0.717, 1.165) is 17.8 Å². The molecule has 0 saturated heterocycles. The SMILES string of the molecule is CCc1ccc(Nc2ccc(N)cc2C(=O)NCCOC)cc1. The summed E-state index contributed by atoms with van der Waals surface area (Å²) in [6, 6.07) is 13.4. The van der Waals surface area contributed by atoms with Crippen molar-refractivity contribution in [1.82, 2.24) is 5.32 Å². The van der Waals surface area contributed by atoms with Gasteiger partial charge in [-0.2, -0.15) is 0 Å². The molecule has 5 nitrogen and oxygen atoms in total. The molecule has 0 aromatic heterocycles. The van der Waals surface area contributed by atoms with E-state index in [4.69, 9.17) is 10.5 Å². The van der Waals surface area contributed by atoms with E-state index >= 15 is 0 Å². The lowest BCUT2D eigenvalue weighted by atomic mass is 10.1. The molecule has 0 unspecified atom stereocenters. The van der Waals surface area contributed by atoms with Crippen molar-refractivity contribution in [1.29, 1.82) is 0 Å². The first kappa shape index (κ1) is 16.8. The third-order valence-corrected chi connectivity index (χ3v) is 3.52. The summed E-state index contributed by atoms with van der Waals surface area (Å²) in [4.78, 5) is 12.3. The molecule has 2 rings (SSSR count). The van der Waals surface area contributed by atoms with Gasteiger partial charge in [0.15, 0.2) is 0 Å². The van der Waals surface area contributed by atoms with Crippen LogP contribution in [0.2, 0.25) is 0 Å². The fourth-order valence-corrected chi connectivity index (χ4v) is 2.20. The average Bonchev–Trinajstić information content (AvgIpc) is 2.57. The van der Waals surface area contributed by atoms with Gasteiger partial charge in [0.1, 0.15) is 0 Å². The molecule has 0 radical (unpaired) electrons. The standard InChI is InChI=1S/C18H23N3O2/c1-3-13-4-7-15(8-5-13)21-17-9-6-14(19)12-16(17)18(22)20-10-11-23-2/h4-9,12,21H,3,10-11,19H2,1-2H3,(H,20,22). The van der Waals surface area contributed by atoms with E-state index in [1.165, 1.54) is 5.56 Å². The zero-order valence-corrected chi connectivity index (χ0v) is 13.6. The number of nitrogens with two attached hydrogens (primary N) is 1. The lowest BCUT2D eigenvalue weighted by Gasteiger charge is -2.13. The fraction of sp³-hybridized carbons (Fsp3) is 0.278. The largest absolute Gasteiger partial charge is 0.399 e. The van der Waals surface area contributed by atoms with Crippen LogP contribution in [0.3, 0.4) is 0 Å². The second kappa shape index (κ2) is 8.19. The molecule has 5 heteroatoms. The van der Waals surface area contributed by atoms with E-state index in [-0.39, 0.29) is 5.91 Å². The van der Waals surface area contributed by atoms with E-state index < -0.39 is 0 Å². The Bertz CT molecular complexity index is 654. The van der Waals surface area contributed by atoms with Crippen LogP contribution >= 0.6 is 0 Å². The van der Waals surface area contributed by atoms with Crippen molar-refractivity contribution in [3.05, 3.63) is 53.6 Å². The molecular weight excluding hydrogens is 290 g/mol. The molecule has 0 fully saturated rings. The number of carbonyl (C=O) groups excluding carboxylic acids is 1. The second-order valence-corrected chi connectivity index (χ2v) is 5.23. The molecule has 0 heterocycles. The number of nitrogens with one attached hydrogen (secondary N) is 2. The number of aryl methyl sites for hydroxylation is 1. The van der Waals surface area contributed by atoms with Crippen LogP contribution < -0.4 is 16.4 Å². The first-order chi connectivity index (χ1) is 11.1. The molecule has 4 N–H and O–H groups in total. The van der Waals surface area contributed by atoms with Crippen LogP contribution in [0.1, 0.15) is 22.8 Å². The van der Waals surface area contributed by atoms with Crippen molar-refractivity contribution in [2.45, 2.75) is 13.3 Å². The summed E-state index contributed by atoms with van der Waals surface area (Å²) in [5.41, 5.74) is 9.80. The van der Waals surface area contributed by atoms with Crippen LogP contribution in [0, 0.1) is 0 Å². The van der Waals surface area contributed by atoms with Crippen LogP contribution in [0.4, 0.5) is 17.1 Å². The van der Waals surface area contributed by atoms with Gasteiger partial charge in [0, 0.05) is 25.0 Å². The van der Waals surface area contributed by atoms with Gasteiger partial charge in [0.2, 0.25) is 0 Å². The highest BCUT2D eigenvalue weighted by molar-refractivity contribution is 6.01. The number of hydrogen-bond acceptors (Lipinski definition) is 4. The van der Waals surface area contributed by atoms with Gasteiger partial charge in [-0.1, -0.05) is 19.1 Å². The van der Waals surface area contributed by atoms with Crippen molar-refractivity contribution < 1.29 is 9.53 Å². The third-order valence-electron chi connectivity index (χ3n) is 3.52. The van der Waals surface area contributed by atoms with E-state index in [1.54, 1.807) is 19.2 Å². The maximum Gasteiger partial charge on any atom is 0.253 e. The normalized spacial score (nSPS) is 10.3. The minimum Gasteiger partial charge on any atom is -0.399 e. The molecule has 23 heavy (non-hydrogen) atoms. The maximum absolute atomic E-state index is 12.3. The van der Waals surface area contributed by atoms with Crippen LogP contribution in [-0.2, 0) is 11.2 Å². The number of benzene rings is 2. The number of anilines is 3. The van der Waals surface area contributed by atoms with Gasteiger partial charge >= 0.3 is 0 Å². The number of carbonyl (C=O) groups is 1. The molecule has 0 saturated carbocycles. The molecule has 122 valence electrons. The number of nitrogen functional groups attached to an aromatic ring is 1. The lowest BCUT2D eigenvalue weighted by molar-refractivity contribution is 0.0938. The molecule has 0 aliphatic rings. The van der Waals surface area contributed by atoms with E-state index in [2.05, 4.69) is 29.7 Å². The minimum atomic E-state index is -0.179. The Morgan fingerprint density at radius 3 is 2.57 bits per heavy atom. The first-order valence-electron chi connectivity index (χ1n) is 7.66. The highest BCUT2D eigenvalue weighted by Gasteiger charge is 2.12. The molecule has 0 bridgehead atoms. The molecule has 0 aliphatic heterocycles. The predicted octanol–water partition coefficient (Wildman–Crippen LogP) is 2.95. The van der Waals surface area contributed by atoms with Gasteiger partial charge in [-0.15, -0.1) is 0 Å². The highest BCUT2D eigenvalue weighted by atomic mass is 16.5. The third kappa shape index (κ3) is 4.72. The van der Waals surface area contributed by atoms with E-state index in [0.29, 0.717) is 24.4 Å². The maximum atomic E-state index is 12.3. The van der Waals surface area contributed by atoms with Crippen molar-refractivity contribution in [2.75, 3.05) is 31.3 Å². The quantitative estimate of drug-likeness (QED) is 0.542. The van der Waals surface area contributed by atoms with Crippen LogP contribution in [0.25, 0.3) is 0 Å². The van der Waals surface area contributed by atoms with Crippen molar-refractivity contribution in [2.24, 2.45) is 0 Å². The van der Waals surface area contributed by atoms with Crippen LogP contribution in [0.5, 0.6) is 0 Å². The number of hydrogen-bond donors (Lipinski definition) is 3. The Hall–Kier alpha value is -2.53. The van der Waals surface area contributed by atoms with E-state index in [9.17, 15) is 4.79 Å². The Morgan fingerprint density at radius 1 is 1.17 bits per heavy atom. The number of amides is 1. The monoisotopic (exact) mass is 313 g/mol. The summed E-state index contributed by atoms with van der Waals surface area (Å²) in [6.07, 6.45) is 0.995. The lowest BCUT2D eigenvalue weighted by Crippen LogP contribution is -2.27. The molecule has 2 aromatic carbocycles. The van der Waals surface area contributed by atoms with E-state index in [1.807, 2.05) is 18.2 Å². The molecular formula is C18H23N3O2. The summed E-state index contributed by atoms with van der Waals surface area (Å²) in [7, 11) is 1.60. The highest BCUT2D eigenvalue weighted by Crippen LogP contribution is 2.23. The van der Waals surface area contributed by atoms with Gasteiger partial charge in [-0.05, 0) is 42.3 Å². The Morgan fingerprint density at radius 2 is 1.91 bits per heavy atom. The Labute approximate surface area is 136 Å². The minimum absolute atomic E-state index is 0.179. The van der Waals surface area contributed by atoms with Crippen molar-refractivity contribution >= 4 is 23.0 Å². The molecule has 0 aliphatic carbocycles. The topological polar surface area (TPSA) is 76.4 Å². The second-order valence-electron chi connectivity index (χ2n) is 5.23. The molecule has 0 atom stereocenters. The van der Waals surface area contributed by atoms with Crippen LogP contribution in [-0.4, -0.2) is 26.2 Å². The van der Waals surface area contributed by atoms with Crippen LogP contribution in [0.15, 0.2) is 42.5 Å². The summed E-state index contributed by atoms with van der Waals surface area (Å²) in [6.45, 7) is 3.04. The zero-order chi connectivity index (χ0) is 16.7. The number of methoxy groups -OCH3 is 1. The molecule has 1 amide bonds. The first-order valence-corrected chi connectivity index (χ1v) is 7.66. The number of rotatable bonds is 7. The molecule has 0 spiro atoms. The Balaban J connectivity index is 2.18. The average molecular weight is 313 g/mol. The summed E-state index contributed by atoms with van der Waals surface area (Å²) < 4.78 is 4.94. The predicted molar refractivity (Wildman–Crippen MR) is 94.2 cm³/mol. The van der Waals surface area contributed by atoms with Gasteiger partial charge in [-0.25, -0.2) is 0 Å². The smallest absolute Gasteiger partial charge is 0.253 e. The van der Waals surface area contributed by atoms with Crippen molar-refractivity contribution in [3.8, 4) is 0 Å². The summed E-state index contributed by atoms with van der Waals surface area (Å²) in [5.74, 6) is -0.179. The zero-order valence-electron chi connectivity index (χ0n) is 13.6. The van der Waals surface area contributed by atoms with Gasteiger partial charge in [0.05, 0.1) is 17.9 Å².